The first-order valence-electron chi connectivity index (χ1n) is 7.51. The second-order valence-corrected chi connectivity index (χ2v) is 6.75. The van der Waals surface area contributed by atoms with E-state index in [1.54, 1.807) is 11.0 Å². The number of anilines is 1. The predicted molar refractivity (Wildman–Crippen MR) is 89.5 cm³/mol. The summed E-state index contributed by atoms with van der Waals surface area (Å²) in [5.74, 6) is 0. The molecule has 1 saturated heterocycles. The molecular formula is C16H24ClN3O2. The number of aryl methyl sites for hydroxylation is 1. The lowest BCUT2D eigenvalue weighted by atomic mass is 10.0. The molecular weight excluding hydrogens is 302 g/mol. The molecule has 22 heavy (non-hydrogen) atoms. The average Bonchev–Trinajstić information content (AvgIpc) is 2.51. The monoisotopic (exact) mass is 325 g/mol. The molecule has 0 saturated carbocycles. The number of hydrogen-bond donors (Lipinski definition) is 2. The van der Waals surface area contributed by atoms with Gasteiger partial charge in [-0.25, -0.2) is 4.79 Å². The van der Waals surface area contributed by atoms with Gasteiger partial charge in [-0.3, -0.25) is 4.90 Å². The van der Waals surface area contributed by atoms with Crippen LogP contribution >= 0.6 is 11.6 Å². The predicted octanol–water partition coefficient (Wildman–Crippen LogP) is 2.57. The standard InChI is InChI=1S/C16H24ClN3O2/c1-12-4-5-13(10-14(12)17)18-15(22)19-6-8-20(9-7-19)16(2,3)11-21/h4-5,10,21H,6-9,11H2,1-3H3,(H,18,22). The summed E-state index contributed by atoms with van der Waals surface area (Å²) in [7, 11) is 0. The zero-order valence-electron chi connectivity index (χ0n) is 13.4. The van der Waals surface area contributed by atoms with Crippen molar-refractivity contribution in [3.05, 3.63) is 28.8 Å². The van der Waals surface area contributed by atoms with E-state index in [9.17, 15) is 9.90 Å². The van der Waals surface area contributed by atoms with E-state index < -0.39 is 0 Å². The number of aliphatic hydroxyl groups is 1. The van der Waals surface area contributed by atoms with Gasteiger partial charge in [0, 0.05) is 42.4 Å². The summed E-state index contributed by atoms with van der Waals surface area (Å²) in [6.45, 7) is 8.88. The fourth-order valence-corrected chi connectivity index (χ4v) is 2.67. The van der Waals surface area contributed by atoms with E-state index in [1.165, 1.54) is 0 Å². The number of carbonyl (C=O) groups is 1. The van der Waals surface area contributed by atoms with E-state index in [-0.39, 0.29) is 18.2 Å². The van der Waals surface area contributed by atoms with Gasteiger partial charge in [-0.15, -0.1) is 0 Å². The molecule has 5 nitrogen and oxygen atoms in total. The van der Waals surface area contributed by atoms with Crippen molar-refractivity contribution in [1.29, 1.82) is 0 Å². The van der Waals surface area contributed by atoms with Crippen LogP contribution < -0.4 is 5.32 Å². The molecule has 0 unspecified atom stereocenters. The summed E-state index contributed by atoms with van der Waals surface area (Å²) in [4.78, 5) is 16.3. The molecule has 6 heteroatoms. The van der Waals surface area contributed by atoms with Crippen LogP contribution in [-0.2, 0) is 0 Å². The highest BCUT2D eigenvalue weighted by Crippen LogP contribution is 2.21. The Morgan fingerprint density at radius 2 is 1.95 bits per heavy atom. The van der Waals surface area contributed by atoms with Crippen molar-refractivity contribution in [2.45, 2.75) is 26.3 Å². The van der Waals surface area contributed by atoms with E-state index in [2.05, 4.69) is 10.2 Å². The third-order valence-corrected chi connectivity index (χ3v) is 4.64. The third kappa shape index (κ3) is 3.91. The Labute approximate surface area is 136 Å². The molecule has 0 radical (unpaired) electrons. The molecule has 1 aliphatic rings. The van der Waals surface area contributed by atoms with Crippen molar-refractivity contribution >= 4 is 23.3 Å². The first-order valence-corrected chi connectivity index (χ1v) is 7.89. The Hall–Kier alpha value is -1.30. The molecule has 2 amide bonds. The van der Waals surface area contributed by atoms with Gasteiger partial charge in [-0.05, 0) is 38.5 Å². The van der Waals surface area contributed by atoms with Crippen LogP contribution in [0.25, 0.3) is 0 Å². The third-order valence-electron chi connectivity index (χ3n) is 4.23. The fraction of sp³-hybridized carbons (Fsp3) is 0.562. The lowest BCUT2D eigenvalue weighted by molar-refractivity contribution is 0.0267. The number of halogens is 1. The number of nitrogens with one attached hydrogen (secondary N) is 1. The maximum atomic E-state index is 12.3. The molecule has 1 aliphatic heterocycles. The Balaban J connectivity index is 1.91. The molecule has 1 aromatic rings. The molecule has 2 N–H and O–H groups in total. The molecule has 1 fully saturated rings. The summed E-state index contributed by atoms with van der Waals surface area (Å²) in [5, 5.41) is 12.9. The van der Waals surface area contributed by atoms with Gasteiger partial charge in [-0.2, -0.15) is 0 Å². The molecule has 1 heterocycles. The summed E-state index contributed by atoms with van der Waals surface area (Å²) in [6.07, 6.45) is 0. The smallest absolute Gasteiger partial charge is 0.321 e. The number of piperazine rings is 1. The second kappa shape index (κ2) is 6.86. The molecule has 122 valence electrons. The van der Waals surface area contributed by atoms with E-state index >= 15 is 0 Å². The van der Waals surface area contributed by atoms with Crippen molar-refractivity contribution < 1.29 is 9.90 Å². The van der Waals surface area contributed by atoms with E-state index in [0.717, 1.165) is 18.7 Å². The lowest BCUT2D eigenvalue weighted by Gasteiger charge is -2.43. The van der Waals surface area contributed by atoms with Crippen molar-refractivity contribution in [2.24, 2.45) is 0 Å². The highest BCUT2D eigenvalue weighted by Gasteiger charge is 2.30. The first-order chi connectivity index (χ1) is 10.3. The quantitative estimate of drug-likeness (QED) is 0.898. The second-order valence-electron chi connectivity index (χ2n) is 6.34. The highest BCUT2D eigenvalue weighted by atomic mass is 35.5. The van der Waals surface area contributed by atoms with Gasteiger partial charge in [0.2, 0.25) is 0 Å². The maximum absolute atomic E-state index is 12.3. The fourth-order valence-electron chi connectivity index (χ4n) is 2.49. The van der Waals surface area contributed by atoms with Crippen molar-refractivity contribution in [3.8, 4) is 0 Å². The van der Waals surface area contributed by atoms with Crippen LogP contribution in [0.2, 0.25) is 5.02 Å². The number of rotatable bonds is 3. The van der Waals surface area contributed by atoms with Gasteiger partial charge in [-0.1, -0.05) is 17.7 Å². The molecule has 0 bridgehead atoms. The largest absolute Gasteiger partial charge is 0.394 e. The van der Waals surface area contributed by atoms with E-state index in [4.69, 9.17) is 11.6 Å². The Bertz CT molecular complexity index is 540. The minimum Gasteiger partial charge on any atom is -0.394 e. The van der Waals surface area contributed by atoms with Crippen LogP contribution in [0, 0.1) is 6.92 Å². The maximum Gasteiger partial charge on any atom is 0.321 e. The van der Waals surface area contributed by atoms with E-state index in [0.29, 0.717) is 23.8 Å². The number of nitrogens with zero attached hydrogens (tertiary/aromatic N) is 2. The summed E-state index contributed by atoms with van der Waals surface area (Å²) >= 11 is 6.07. The van der Waals surface area contributed by atoms with Gasteiger partial charge in [0.25, 0.3) is 0 Å². The number of aliphatic hydroxyl groups excluding tert-OH is 1. The van der Waals surface area contributed by atoms with Gasteiger partial charge < -0.3 is 15.3 Å². The highest BCUT2D eigenvalue weighted by molar-refractivity contribution is 6.31. The van der Waals surface area contributed by atoms with Crippen LogP contribution in [0.4, 0.5) is 10.5 Å². The van der Waals surface area contributed by atoms with Gasteiger partial charge in [0.15, 0.2) is 0 Å². The van der Waals surface area contributed by atoms with Crippen molar-refractivity contribution in [2.75, 3.05) is 38.1 Å². The van der Waals surface area contributed by atoms with Crippen LogP contribution in [-0.4, -0.2) is 59.3 Å². The van der Waals surface area contributed by atoms with E-state index in [1.807, 2.05) is 32.9 Å². The number of amides is 2. The van der Waals surface area contributed by atoms with Crippen LogP contribution in [0.3, 0.4) is 0 Å². The Morgan fingerprint density at radius 3 is 2.50 bits per heavy atom. The normalized spacial score (nSPS) is 16.7. The summed E-state index contributed by atoms with van der Waals surface area (Å²) in [6, 6.07) is 5.39. The minimum absolute atomic E-state index is 0.110. The SMILES string of the molecule is Cc1ccc(NC(=O)N2CCN(C(C)(C)CO)CC2)cc1Cl. The molecule has 0 aliphatic carbocycles. The number of benzene rings is 1. The lowest BCUT2D eigenvalue weighted by Crippen LogP contribution is -2.57. The minimum atomic E-state index is -0.243. The zero-order valence-corrected chi connectivity index (χ0v) is 14.2. The summed E-state index contributed by atoms with van der Waals surface area (Å²) < 4.78 is 0. The van der Waals surface area contributed by atoms with Crippen molar-refractivity contribution in [1.82, 2.24) is 9.80 Å². The summed E-state index contributed by atoms with van der Waals surface area (Å²) in [5.41, 5.74) is 1.45. The van der Waals surface area contributed by atoms with Gasteiger partial charge >= 0.3 is 6.03 Å². The average molecular weight is 326 g/mol. The topological polar surface area (TPSA) is 55.8 Å². The molecule has 0 spiro atoms. The zero-order chi connectivity index (χ0) is 16.3. The number of hydrogen-bond acceptors (Lipinski definition) is 3. The Kier molecular flexibility index (Phi) is 5.32. The van der Waals surface area contributed by atoms with Crippen LogP contribution in [0.5, 0.6) is 0 Å². The van der Waals surface area contributed by atoms with Crippen molar-refractivity contribution in [3.63, 3.8) is 0 Å². The van der Waals surface area contributed by atoms with Crippen LogP contribution in [0.15, 0.2) is 18.2 Å². The van der Waals surface area contributed by atoms with Gasteiger partial charge in [0.1, 0.15) is 0 Å². The molecule has 0 aromatic heterocycles. The van der Waals surface area contributed by atoms with Gasteiger partial charge in [0.05, 0.1) is 6.61 Å². The number of carbonyl (C=O) groups excluding carboxylic acids is 1. The Morgan fingerprint density at radius 1 is 1.32 bits per heavy atom. The van der Waals surface area contributed by atoms with Crippen LogP contribution in [0.1, 0.15) is 19.4 Å². The molecule has 2 rings (SSSR count). The molecule has 0 atom stereocenters. The number of urea groups is 1. The molecule has 1 aromatic carbocycles. The first kappa shape index (κ1) is 17.1.